The lowest BCUT2D eigenvalue weighted by atomic mass is 9.95. The van der Waals surface area contributed by atoms with Crippen molar-refractivity contribution in [2.45, 2.75) is 108 Å². The fourth-order valence-electron chi connectivity index (χ4n) is 4.15. The maximum Gasteiger partial charge on any atom is 0.133 e. The van der Waals surface area contributed by atoms with Gasteiger partial charge in [-0.05, 0) is 45.4 Å². The molecule has 2 saturated heterocycles. The average molecular weight is 373 g/mol. The molecule has 0 radical (unpaired) electrons. The molecule has 5 unspecified atom stereocenters. The van der Waals surface area contributed by atoms with Crippen LogP contribution in [0.3, 0.4) is 0 Å². The van der Waals surface area contributed by atoms with Gasteiger partial charge in [-0.2, -0.15) is 0 Å². The van der Waals surface area contributed by atoms with E-state index in [4.69, 9.17) is 4.74 Å². The van der Waals surface area contributed by atoms with Gasteiger partial charge in [0.25, 0.3) is 0 Å². The van der Waals surface area contributed by atoms with Gasteiger partial charge in [0.15, 0.2) is 0 Å². The first-order chi connectivity index (χ1) is 12.2. The molecule has 0 amide bonds. The SMILES string of the molecule is CC1NC2CCCCC2S1.CCCCN(CCC)C(O)C1CCCO1. The van der Waals surface area contributed by atoms with Gasteiger partial charge in [-0.15, -0.1) is 11.8 Å². The number of hydrogen-bond acceptors (Lipinski definition) is 5. The van der Waals surface area contributed by atoms with Gasteiger partial charge in [0, 0.05) is 31.0 Å². The Kier molecular flexibility index (Phi) is 10.2. The van der Waals surface area contributed by atoms with Crippen LogP contribution in [0.25, 0.3) is 0 Å². The zero-order valence-corrected chi connectivity index (χ0v) is 17.4. The van der Waals surface area contributed by atoms with E-state index in [1.165, 1.54) is 32.1 Å². The van der Waals surface area contributed by atoms with Crippen molar-refractivity contribution in [1.29, 1.82) is 0 Å². The van der Waals surface area contributed by atoms with Crippen LogP contribution in [0.4, 0.5) is 0 Å². The topological polar surface area (TPSA) is 44.7 Å². The fourth-order valence-corrected chi connectivity index (χ4v) is 5.64. The molecule has 0 aromatic carbocycles. The largest absolute Gasteiger partial charge is 0.376 e. The van der Waals surface area contributed by atoms with Crippen LogP contribution in [0.1, 0.15) is 78.6 Å². The minimum Gasteiger partial charge on any atom is -0.376 e. The van der Waals surface area contributed by atoms with Crippen LogP contribution in [-0.2, 0) is 4.74 Å². The van der Waals surface area contributed by atoms with Crippen LogP contribution in [0.5, 0.6) is 0 Å². The summed E-state index contributed by atoms with van der Waals surface area (Å²) in [5, 5.41) is 15.4. The first-order valence-electron chi connectivity index (χ1n) is 10.6. The molecular formula is C20H40N2O2S. The van der Waals surface area contributed by atoms with Gasteiger partial charge < -0.3 is 15.2 Å². The number of unbranched alkanes of at least 4 members (excludes halogenated alkanes) is 1. The molecule has 0 aromatic rings. The van der Waals surface area contributed by atoms with Crippen LogP contribution in [0, 0.1) is 0 Å². The molecule has 5 atom stereocenters. The Hall–Kier alpha value is 0.190. The molecular weight excluding hydrogens is 332 g/mol. The highest BCUT2D eigenvalue weighted by Crippen LogP contribution is 2.36. The third-order valence-electron chi connectivity index (χ3n) is 5.51. The summed E-state index contributed by atoms with van der Waals surface area (Å²) in [6.45, 7) is 9.40. The number of thioether (sulfide) groups is 1. The van der Waals surface area contributed by atoms with Crippen LogP contribution in [0.2, 0.25) is 0 Å². The third-order valence-corrected chi connectivity index (χ3v) is 6.97. The highest BCUT2D eigenvalue weighted by atomic mass is 32.2. The van der Waals surface area contributed by atoms with Crippen LogP contribution in [0.15, 0.2) is 0 Å². The van der Waals surface area contributed by atoms with Crippen molar-refractivity contribution in [3.63, 3.8) is 0 Å². The number of aliphatic hydroxyl groups is 1. The molecule has 2 aliphatic heterocycles. The summed E-state index contributed by atoms with van der Waals surface area (Å²) in [5.74, 6) is 0. The summed E-state index contributed by atoms with van der Waals surface area (Å²) in [4.78, 5) is 2.17. The van der Waals surface area contributed by atoms with E-state index in [0.29, 0.717) is 5.37 Å². The van der Waals surface area contributed by atoms with Crippen molar-refractivity contribution in [2.75, 3.05) is 19.7 Å². The summed E-state index contributed by atoms with van der Waals surface area (Å²) in [6.07, 6.45) is 11.0. The molecule has 25 heavy (non-hydrogen) atoms. The zero-order valence-electron chi connectivity index (χ0n) is 16.6. The second-order valence-corrected chi connectivity index (χ2v) is 9.31. The van der Waals surface area contributed by atoms with Gasteiger partial charge in [0.2, 0.25) is 0 Å². The molecule has 1 aliphatic carbocycles. The molecule has 4 nitrogen and oxygen atoms in total. The van der Waals surface area contributed by atoms with Crippen molar-refractivity contribution in [2.24, 2.45) is 0 Å². The average Bonchev–Trinajstić information content (AvgIpc) is 3.27. The lowest BCUT2D eigenvalue weighted by Gasteiger charge is -2.30. The van der Waals surface area contributed by atoms with E-state index in [1.807, 2.05) is 0 Å². The van der Waals surface area contributed by atoms with E-state index in [1.54, 1.807) is 0 Å². The van der Waals surface area contributed by atoms with E-state index < -0.39 is 0 Å². The Morgan fingerprint density at radius 2 is 1.92 bits per heavy atom. The molecule has 148 valence electrons. The van der Waals surface area contributed by atoms with E-state index in [0.717, 1.165) is 56.7 Å². The maximum absolute atomic E-state index is 10.2. The van der Waals surface area contributed by atoms with Gasteiger partial charge in [-0.3, -0.25) is 4.90 Å². The predicted octanol–water partition coefficient (Wildman–Crippen LogP) is 3.98. The van der Waals surface area contributed by atoms with E-state index in [9.17, 15) is 5.11 Å². The smallest absolute Gasteiger partial charge is 0.133 e. The summed E-state index contributed by atoms with van der Waals surface area (Å²) < 4.78 is 5.53. The third kappa shape index (κ3) is 7.02. The standard InChI is InChI=1S/C12H25NO2.C8H15NS/c1-3-5-9-13(8-4-2)12(14)11-7-6-10-15-11;1-6-9-7-4-2-3-5-8(7)10-6/h11-12,14H,3-10H2,1-2H3;6-9H,2-5H2,1H3. The minimum atomic E-state index is -0.390. The minimum absolute atomic E-state index is 0.0495. The molecule has 5 heteroatoms. The van der Waals surface area contributed by atoms with Crippen molar-refractivity contribution < 1.29 is 9.84 Å². The molecule has 0 spiro atoms. The van der Waals surface area contributed by atoms with Gasteiger partial charge in [-0.25, -0.2) is 0 Å². The lowest BCUT2D eigenvalue weighted by molar-refractivity contribution is -0.0911. The Morgan fingerprint density at radius 1 is 1.12 bits per heavy atom. The summed E-state index contributed by atoms with van der Waals surface area (Å²) in [7, 11) is 0. The van der Waals surface area contributed by atoms with Gasteiger partial charge in [0.05, 0.1) is 11.5 Å². The quantitative estimate of drug-likeness (QED) is 0.662. The first-order valence-corrected chi connectivity index (χ1v) is 11.5. The molecule has 3 aliphatic rings. The summed E-state index contributed by atoms with van der Waals surface area (Å²) in [5.41, 5.74) is 0. The molecule has 3 fully saturated rings. The molecule has 2 N–H and O–H groups in total. The number of hydrogen-bond donors (Lipinski definition) is 2. The maximum atomic E-state index is 10.2. The summed E-state index contributed by atoms with van der Waals surface area (Å²) >= 11 is 2.14. The van der Waals surface area contributed by atoms with E-state index in [-0.39, 0.29) is 12.3 Å². The Balaban J connectivity index is 0.000000194. The van der Waals surface area contributed by atoms with Crippen molar-refractivity contribution in [3.8, 4) is 0 Å². The molecule has 0 aromatic heterocycles. The second-order valence-electron chi connectivity index (χ2n) is 7.73. The van der Waals surface area contributed by atoms with Gasteiger partial charge >= 0.3 is 0 Å². The number of nitrogens with one attached hydrogen (secondary N) is 1. The Bertz CT molecular complexity index is 339. The normalized spacial score (nSPS) is 33.0. The number of rotatable bonds is 7. The number of fused-ring (bicyclic) bond motifs is 1. The molecule has 3 rings (SSSR count). The van der Waals surface area contributed by atoms with Crippen LogP contribution >= 0.6 is 11.8 Å². The highest BCUT2D eigenvalue weighted by Gasteiger charge is 2.33. The molecule has 2 heterocycles. The Labute approximate surface area is 159 Å². The zero-order chi connectivity index (χ0) is 18.1. The van der Waals surface area contributed by atoms with Crippen LogP contribution in [-0.4, -0.2) is 58.7 Å². The Morgan fingerprint density at radius 3 is 2.56 bits per heavy atom. The number of ether oxygens (including phenoxy) is 1. The monoisotopic (exact) mass is 372 g/mol. The predicted molar refractivity (Wildman–Crippen MR) is 108 cm³/mol. The van der Waals surface area contributed by atoms with Crippen LogP contribution < -0.4 is 5.32 Å². The highest BCUT2D eigenvalue weighted by molar-refractivity contribution is 8.00. The molecule has 1 saturated carbocycles. The summed E-state index contributed by atoms with van der Waals surface area (Å²) in [6, 6.07) is 0.855. The molecule has 0 bridgehead atoms. The van der Waals surface area contributed by atoms with E-state index in [2.05, 4.69) is 42.7 Å². The second kappa shape index (κ2) is 11.8. The van der Waals surface area contributed by atoms with Crippen molar-refractivity contribution in [1.82, 2.24) is 10.2 Å². The van der Waals surface area contributed by atoms with E-state index >= 15 is 0 Å². The number of aliphatic hydroxyl groups excluding tert-OH is 1. The van der Waals surface area contributed by atoms with Crippen molar-refractivity contribution in [3.05, 3.63) is 0 Å². The first kappa shape index (κ1) is 21.5. The number of nitrogens with zero attached hydrogens (tertiary/aromatic N) is 1. The lowest BCUT2D eigenvalue weighted by Crippen LogP contribution is -2.44. The van der Waals surface area contributed by atoms with Gasteiger partial charge in [0.1, 0.15) is 6.23 Å². The fraction of sp³-hybridized carbons (Fsp3) is 1.00. The van der Waals surface area contributed by atoms with Crippen molar-refractivity contribution >= 4 is 11.8 Å². The van der Waals surface area contributed by atoms with Gasteiger partial charge in [-0.1, -0.05) is 33.1 Å².